The van der Waals surface area contributed by atoms with E-state index < -0.39 is 11.9 Å². The third kappa shape index (κ3) is 4.25. The second-order valence-corrected chi connectivity index (χ2v) is 9.37. The van der Waals surface area contributed by atoms with E-state index in [-0.39, 0.29) is 23.5 Å². The predicted octanol–water partition coefficient (Wildman–Crippen LogP) is 4.74. The smallest absolute Gasteiger partial charge is 0.277 e. The van der Waals surface area contributed by atoms with E-state index in [0.717, 1.165) is 43.2 Å². The molecule has 2 aromatic carbocycles. The van der Waals surface area contributed by atoms with Crippen LogP contribution in [0.3, 0.4) is 0 Å². The number of amides is 1. The molecule has 0 unspecified atom stereocenters. The van der Waals surface area contributed by atoms with Crippen LogP contribution in [0.5, 0.6) is 23.0 Å². The van der Waals surface area contributed by atoms with E-state index in [0.29, 0.717) is 28.8 Å². The molecule has 1 amide bonds. The highest BCUT2D eigenvalue weighted by atomic mass is 32.2. The lowest BCUT2D eigenvalue weighted by Crippen LogP contribution is -2.40. The number of carbonyl (C=O) groups excluding carboxylic acids is 1. The minimum atomic E-state index is -0.538. The second kappa shape index (κ2) is 8.75. The summed E-state index contributed by atoms with van der Waals surface area (Å²) < 4.78 is 29.5. The third-order valence-electron chi connectivity index (χ3n) is 5.97. The second-order valence-electron chi connectivity index (χ2n) is 8.44. The number of thioether (sulfide) groups is 1. The molecule has 3 aliphatic rings. The largest absolute Gasteiger partial charge is 0.485 e. The Morgan fingerprint density at radius 2 is 1.82 bits per heavy atom. The Hall–Kier alpha value is -3.40. The van der Waals surface area contributed by atoms with Crippen LogP contribution in [-0.2, 0) is 4.79 Å². The quantitative estimate of drug-likeness (QED) is 0.517. The van der Waals surface area contributed by atoms with Gasteiger partial charge in [0, 0.05) is 24.6 Å². The van der Waals surface area contributed by atoms with Gasteiger partial charge >= 0.3 is 0 Å². The van der Waals surface area contributed by atoms with Gasteiger partial charge in [0.15, 0.2) is 23.0 Å². The van der Waals surface area contributed by atoms with Gasteiger partial charge in [0.05, 0.1) is 5.75 Å². The molecule has 0 bridgehead atoms. The first-order valence-electron chi connectivity index (χ1n) is 11.3. The predicted molar refractivity (Wildman–Crippen MR) is 122 cm³/mol. The van der Waals surface area contributed by atoms with Crippen LogP contribution in [0.1, 0.15) is 44.1 Å². The molecule has 1 fully saturated rings. The van der Waals surface area contributed by atoms with Crippen LogP contribution in [0, 0.1) is 0 Å². The molecule has 3 heterocycles. The van der Waals surface area contributed by atoms with Crippen molar-refractivity contribution >= 4 is 23.4 Å². The van der Waals surface area contributed by atoms with Crippen LogP contribution in [0.4, 0.5) is 5.69 Å². The summed E-state index contributed by atoms with van der Waals surface area (Å²) in [5.74, 6) is 2.40. The van der Waals surface area contributed by atoms with E-state index in [9.17, 15) is 4.79 Å². The zero-order valence-corrected chi connectivity index (χ0v) is 19.1. The molecule has 34 heavy (non-hydrogen) atoms. The van der Waals surface area contributed by atoms with Crippen molar-refractivity contribution in [3.8, 4) is 23.0 Å². The Morgan fingerprint density at radius 3 is 2.71 bits per heavy atom. The number of aromatic nitrogens is 2. The molecular weight excluding hydrogens is 458 g/mol. The molecule has 0 saturated heterocycles. The summed E-state index contributed by atoms with van der Waals surface area (Å²) in [6.07, 6.45) is 4.68. The topological polar surface area (TPSA) is 105 Å². The summed E-state index contributed by atoms with van der Waals surface area (Å²) >= 11 is 1.16. The molecule has 6 rings (SSSR count). The standard InChI is InChI=1S/C24H23N3O6S/c28-21(25-15-8-9-18-19(12-15)33-24(32-18)10-4-1-5-11-24)14-34-23-27-26-22(31-23)20-13-29-16-6-2-3-7-17(16)30-20/h2-3,6-9,12,20H,1,4-5,10-11,13-14H2,(H,25,28)/t20-/m0/s1. The van der Waals surface area contributed by atoms with Gasteiger partial charge in [-0.15, -0.1) is 10.2 Å². The van der Waals surface area contributed by atoms with Crippen LogP contribution in [0.15, 0.2) is 52.1 Å². The number of hydrogen-bond donors (Lipinski definition) is 1. The molecule has 1 atom stereocenters. The third-order valence-corrected chi connectivity index (χ3v) is 6.79. The number of ether oxygens (including phenoxy) is 4. The Bertz CT molecular complexity index is 1210. The van der Waals surface area contributed by atoms with Gasteiger partial charge in [0.25, 0.3) is 16.9 Å². The van der Waals surface area contributed by atoms with Crippen molar-refractivity contribution in [1.29, 1.82) is 0 Å². The first-order chi connectivity index (χ1) is 16.7. The van der Waals surface area contributed by atoms with Crippen LogP contribution in [0.25, 0.3) is 0 Å². The Labute approximate surface area is 200 Å². The van der Waals surface area contributed by atoms with E-state index >= 15 is 0 Å². The maximum Gasteiger partial charge on any atom is 0.277 e. The number of fused-ring (bicyclic) bond motifs is 2. The SMILES string of the molecule is O=C(CSc1nnc([C@@H]2COc3ccccc3O2)o1)Nc1ccc2c(c1)OC1(CCCCC1)O2. The highest BCUT2D eigenvalue weighted by Gasteiger charge is 2.42. The van der Waals surface area contributed by atoms with Crippen molar-refractivity contribution in [2.75, 3.05) is 17.7 Å². The highest BCUT2D eigenvalue weighted by molar-refractivity contribution is 7.99. The van der Waals surface area contributed by atoms with Gasteiger partial charge in [-0.25, -0.2) is 0 Å². The van der Waals surface area contributed by atoms with Gasteiger partial charge in [0.2, 0.25) is 12.0 Å². The zero-order chi connectivity index (χ0) is 23.0. The number of rotatable bonds is 5. The summed E-state index contributed by atoms with van der Waals surface area (Å²) in [7, 11) is 0. The average Bonchev–Trinajstić information content (AvgIpc) is 3.47. The van der Waals surface area contributed by atoms with Gasteiger partial charge < -0.3 is 28.7 Å². The number of nitrogens with one attached hydrogen (secondary N) is 1. The molecule has 1 spiro atoms. The number of nitrogens with zero attached hydrogens (tertiary/aromatic N) is 2. The number of hydrogen-bond acceptors (Lipinski definition) is 9. The lowest BCUT2D eigenvalue weighted by atomic mass is 9.94. The summed E-state index contributed by atoms with van der Waals surface area (Å²) in [5, 5.41) is 11.2. The van der Waals surface area contributed by atoms with Gasteiger partial charge in [-0.2, -0.15) is 0 Å². The van der Waals surface area contributed by atoms with Gasteiger partial charge in [-0.1, -0.05) is 30.3 Å². The van der Waals surface area contributed by atoms with Crippen LogP contribution < -0.4 is 24.3 Å². The minimum absolute atomic E-state index is 0.116. The first-order valence-corrected chi connectivity index (χ1v) is 12.3. The van der Waals surface area contributed by atoms with Crippen molar-refractivity contribution in [1.82, 2.24) is 10.2 Å². The number of carbonyl (C=O) groups is 1. The van der Waals surface area contributed by atoms with Crippen LogP contribution >= 0.6 is 11.8 Å². The number of anilines is 1. The number of benzene rings is 2. The zero-order valence-electron chi connectivity index (χ0n) is 18.3. The maximum atomic E-state index is 12.5. The van der Waals surface area contributed by atoms with E-state index in [2.05, 4.69) is 15.5 Å². The summed E-state index contributed by atoms with van der Waals surface area (Å²) in [4.78, 5) is 12.5. The van der Waals surface area contributed by atoms with E-state index in [1.54, 1.807) is 0 Å². The lowest BCUT2D eigenvalue weighted by Gasteiger charge is -2.31. The van der Waals surface area contributed by atoms with E-state index in [4.69, 9.17) is 23.4 Å². The Kier molecular flexibility index (Phi) is 5.44. The summed E-state index contributed by atoms with van der Waals surface area (Å²) in [6, 6.07) is 12.9. The highest BCUT2D eigenvalue weighted by Crippen LogP contribution is 2.46. The van der Waals surface area contributed by atoms with Crippen molar-refractivity contribution in [3.63, 3.8) is 0 Å². The molecule has 1 saturated carbocycles. The molecule has 1 aromatic heterocycles. The molecule has 0 radical (unpaired) electrons. The lowest BCUT2D eigenvalue weighted by molar-refractivity contribution is -0.113. The van der Waals surface area contributed by atoms with Gasteiger partial charge in [0.1, 0.15) is 6.61 Å². The van der Waals surface area contributed by atoms with Crippen molar-refractivity contribution in [2.24, 2.45) is 0 Å². The minimum Gasteiger partial charge on any atom is -0.485 e. The fourth-order valence-electron chi connectivity index (χ4n) is 4.34. The summed E-state index contributed by atoms with van der Waals surface area (Å²) in [5.41, 5.74) is 0.651. The first kappa shape index (κ1) is 21.2. The maximum absolute atomic E-state index is 12.5. The van der Waals surface area contributed by atoms with Crippen LogP contribution in [0.2, 0.25) is 0 Å². The molecule has 10 heteroatoms. The Balaban J connectivity index is 1.03. The molecule has 1 N–H and O–H groups in total. The Morgan fingerprint density at radius 1 is 1.00 bits per heavy atom. The molecule has 3 aromatic rings. The molecule has 9 nitrogen and oxygen atoms in total. The van der Waals surface area contributed by atoms with Gasteiger partial charge in [-0.05, 0) is 37.1 Å². The van der Waals surface area contributed by atoms with Crippen molar-refractivity contribution in [3.05, 3.63) is 48.4 Å². The molecule has 1 aliphatic carbocycles. The molecule has 176 valence electrons. The normalized spacial score (nSPS) is 19.7. The van der Waals surface area contributed by atoms with Crippen molar-refractivity contribution < 1.29 is 28.2 Å². The van der Waals surface area contributed by atoms with Gasteiger partial charge in [-0.3, -0.25) is 4.79 Å². The fourth-order valence-corrected chi connectivity index (χ4v) is 4.91. The number of para-hydroxylation sites is 2. The molecule has 2 aliphatic heterocycles. The van der Waals surface area contributed by atoms with E-state index in [1.807, 2.05) is 42.5 Å². The fraction of sp³-hybridized carbons (Fsp3) is 0.375. The van der Waals surface area contributed by atoms with Crippen LogP contribution in [-0.4, -0.2) is 34.3 Å². The van der Waals surface area contributed by atoms with Crippen molar-refractivity contribution in [2.45, 2.75) is 49.2 Å². The average molecular weight is 482 g/mol. The monoisotopic (exact) mass is 481 g/mol. The van der Waals surface area contributed by atoms with E-state index in [1.165, 1.54) is 6.42 Å². The molecular formula is C24H23N3O6S. The summed E-state index contributed by atoms with van der Waals surface area (Å²) in [6.45, 7) is 0.273.